The van der Waals surface area contributed by atoms with E-state index in [1.54, 1.807) is 16.7 Å². The first-order chi connectivity index (χ1) is 11.7. The molecule has 0 saturated carbocycles. The maximum Gasteiger partial charge on any atom is 0.358 e. The Morgan fingerprint density at radius 2 is 1.88 bits per heavy atom. The van der Waals surface area contributed by atoms with Crippen LogP contribution in [0.4, 0.5) is 0 Å². The summed E-state index contributed by atoms with van der Waals surface area (Å²) in [6, 6.07) is 1.96. The first kappa shape index (κ1) is 17.1. The first-order valence-electron chi connectivity index (χ1n) is 8.17. The lowest BCUT2D eigenvalue weighted by Gasteiger charge is -2.24. The van der Waals surface area contributed by atoms with E-state index in [1.165, 1.54) is 17.8 Å². The van der Waals surface area contributed by atoms with Gasteiger partial charge in [0.25, 0.3) is 5.91 Å². The van der Waals surface area contributed by atoms with Gasteiger partial charge in [-0.2, -0.15) is 11.3 Å². The van der Waals surface area contributed by atoms with Crippen LogP contribution in [0.1, 0.15) is 42.6 Å². The highest BCUT2D eigenvalue weighted by Gasteiger charge is 2.19. The third-order valence-electron chi connectivity index (χ3n) is 4.02. The summed E-state index contributed by atoms with van der Waals surface area (Å²) in [6.07, 6.45) is 5.61. The quantitative estimate of drug-likeness (QED) is 0.774. The Morgan fingerprint density at radius 3 is 2.58 bits per heavy atom. The minimum atomic E-state index is -0.534. The summed E-state index contributed by atoms with van der Waals surface area (Å²) in [7, 11) is 0. The Bertz CT molecular complexity index is 674. The van der Waals surface area contributed by atoms with Crippen LogP contribution in [0.15, 0.2) is 22.2 Å². The Morgan fingerprint density at radius 1 is 1.12 bits per heavy atom. The van der Waals surface area contributed by atoms with E-state index < -0.39 is 5.97 Å². The van der Waals surface area contributed by atoms with Crippen molar-refractivity contribution in [2.75, 3.05) is 19.7 Å². The Kier molecular flexibility index (Phi) is 5.98. The van der Waals surface area contributed by atoms with Gasteiger partial charge in [0.15, 0.2) is 12.3 Å². The lowest BCUT2D eigenvalue weighted by atomic mass is 10.1. The van der Waals surface area contributed by atoms with Gasteiger partial charge in [0.1, 0.15) is 5.01 Å². The molecular weight excluding hydrogens is 344 g/mol. The second-order valence-electron chi connectivity index (χ2n) is 5.77. The maximum atomic E-state index is 12.2. The van der Waals surface area contributed by atoms with Crippen LogP contribution in [0, 0.1) is 0 Å². The molecule has 7 heteroatoms. The third kappa shape index (κ3) is 4.42. The van der Waals surface area contributed by atoms with Gasteiger partial charge in [-0.1, -0.05) is 19.3 Å². The van der Waals surface area contributed by atoms with Gasteiger partial charge < -0.3 is 9.64 Å². The number of likely N-dealkylation sites (tertiary alicyclic amines) is 1. The van der Waals surface area contributed by atoms with Gasteiger partial charge >= 0.3 is 5.97 Å². The lowest BCUT2D eigenvalue weighted by molar-refractivity contribution is -0.134. The van der Waals surface area contributed by atoms with Gasteiger partial charge in [-0.05, 0) is 24.3 Å². The van der Waals surface area contributed by atoms with E-state index in [9.17, 15) is 9.59 Å². The number of aromatic nitrogens is 1. The Labute approximate surface area is 149 Å². The predicted octanol–water partition coefficient (Wildman–Crippen LogP) is 3.82. The second-order valence-corrected chi connectivity index (χ2v) is 7.41. The van der Waals surface area contributed by atoms with Crippen molar-refractivity contribution in [3.05, 3.63) is 27.9 Å². The van der Waals surface area contributed by atoms with Crippen molar-refractivity contribution in [3.8, 4) is 10.6 Å². The number of hydrogen-bond acceptors (Lipinski definition) is 6. The molecule has 0 bridgehead atoms. The topological polar surface area (TPSA) is 59.5 Å². The van der Waals surface area contributed by atoms with Crippen molar-refractivity contribution in [3.63, 3.8) is 0 Å². The third-order valence-corrected chi connectivity index (χ3v) is 5.59. The zero-order valence-corrected chi connectivity index (χ0v) is 15.0. The molecule has 3 heterocycles. The van der Waals surface area contributed by atoms with Crippen molar-refractivity contribution in [2.45, 2.75) is 32.1 Å². The maximum absolute atomic E-state index is 12.2. The van der Waals surface area contributed by atoms with E-state index in [2.05, 4.69) is 4.98 Å². The molecule has 24 heavy (non-hydrogen) atoms. The SMILES string of the molecule is O=C(OCC(=O)N1CCCCCCC1)c1csc(-c2ccsc2)n1. The molecule has 0 spiro atoms. The number of thiazole rings is 1. The predicted molar refractivity (Wildman–Crippen MR) is 95.4 cm³/mol. The molecule has 0 radical (unpaired) electrons. The molecule has 1 aliphatic heterocycles. The van der Waals surface area contributed by atoms with Gasteiger partial charge in [-0.25, -0.2) is 9.78 Å². The van der Waals surface area contributed by atoms with Crippen LogP contribution >= 0.6 is 22.7 Å². The summed E-state index contributed by atoms with van der Waals surface area (Å²) in [5.74, 6) is -0.647. The Balaban J connectivity index is 1.52. The number of ether oxygens (including phenoxy) is 1. The van der Waals surface area contributed by atoms with Crippen LogP contribution < -0.4 is 0 Å². The minimum Gasteiger partial charge on any atom is -0.451 e. The number of nitrogens with zero attached hydrogens (tertiary/aromatic N) is 2. The van der Waals surface area contributed by atoms with E-state index in [0.717, 1.165) is 49.3 Å². The fourth-order valence-electron chi connectivity index (χ4n) is 2.68. The number of hydrogen-bond donors (Lipinski definition) is 0. The second kappa shape index (κ2) is 8.39. The number of rotatable bonds is 4. The molecule has 0 atom stereocenters. The number of esters is 1. The normalized spacial score (nSPS) is 15.6. The highest BCUT2D eigenvalue weighted by atomic mass is 32.1. The van der Waals surface area contributed by atoms with E-state index >= 15 is 0 Å². The molecule has 2 aromatic heterocycles. The molecule has 0 aromatic carbocycles. The Hall–Kier alpha value is -1.73. The molecule has 1 aliphatic rings. The molecule has 1 saturated heterocycles. The van der Waals surface area contributed by atoms with Gasteiger partial charge in [0.05, 0.1) is 0 Å². The summed E-state index contributed by atoms with van der Waals surface area (Å²) in [5.41, 5.74) is 1.27. The molecule has 0 unspecified atom stereocenters. The van der Waals surface area contributed by atoms with E-state index in [0.29, 0.717) is 0 Å². The zero-order valence-electron chi connectivity index (χ0n) is 13.4. The van der Waals surface area contributed by atoms with Crippen LogP contribution in [0.25, 0.3) is 10.6 Å². The molecule has 3 rings (SSSR count). The largest absolute Gasteiger partial charge is 0.451 e. The summed E-state index contributed by atoms with van der Waals surface area (Å²) in [6.45, 7) is 1.31. The molecule has 1 fully saturated rings. The van der Waals surface area contributed by atoms with Crippen LogP contribution in [0.3, 0.4) is 0 Å². The number of carbonyl (C=O) groups is 2. The molecular formula is C17H20N2O3S2. The van der Waals surface area contributed by atoms with Crippen molar-refractivity contribution in [1.29, 1.82) is 0 Å². The summed E-state index contributed by atoms with van der Waals surface area (Å²) >= 11 is 2.99. The fraction of sp³-hybridized carbons (Fsp3) is 0.471. The smallest absolute Gasteiger partial charge is 0.358 e. The van der Waals surface area contributed by atoms with Crippen molar-refractivity contribution in [2.24, 2.45) is 0 Å². The highest BCUT2D eigenvalue weighted by Crippen LogP contribution is 2.25. The number of carbonyl (C=O) groups excluding carboxylic acids is 2. The standard InChI is InChI=1S/C17H20N2O3S2/c20-15(19-7-4-2-1-3-5-8-19)10-22-17(21)14-12-24-16(18-14)13-6-9-23-11-13/h6,9,11-12H,1-5,7-8,10H2. The van der Waals surface area contributed by atoms with Crippen molar-refractivity contribution < 1.29 is 14.3 Å². The van der Waals surface area contributed by atoms with E-state index in [1.807, 2.05) is 21.7 Å². The fourth-order valence-corrected chi connectivity index (χ4v) is 4.18. The lowest BCUT2D eigenvalue weighted by Crippen LogP contribution is -2.36. The average molecular weight is 364 g/mol. The molecule has 1 amide bonds. The zero-order chi connectivity index (χ0) is 16.8. The molecule has 5 nitrogen and oxygen atoms in total. The van der Waals surface area contributed by atoms with Gasteiger partial charge in [0, 0.05) is 29.4 Å². The van der Waals surface area contributed by atoms with Gasteiger partial charge in [0.2, 0.25) is 0 Å². The number of amides is 1. The van der Waals surface area contributed by atoms with Crippen LogP contribution in [-0.4, -0.2) is 41.5 Å². The molecule has 2 aromatic rings. The summed E-state index contributed by atoms with van der Waals surface area (Å²) in [4.78, 5) is 30.4. The highest BCUT2D eigenvalue weighted by molar-refractivity contribution is 7.14. The summed E-state index contributed by atoms with van der Waals surface area (Å²) < 4.78 is 5.16. The van der Waals surface area contributed by atoms with E-state index in [-0.39, 0.29) is 18.2 Å². The van der Waals surface area contributed by atoms with Crippen LogP contribution in [0.2, 0.25) is 0 Å². The number of thiophene rings is 1. The van der Waals surface area contributed by atoms with Gasteiger partial charge in [-0.15, -0.1) is 11.3 Å². The average Bonchev–Trinajstić information content (AvgIpc) is 3.22. The molecule has 0 aliphatic carbocycles. The van der Waals surface area contributed by atoms with Crippen LogP contribution in [-0.2, 0) is 9.53 Å². The van der Waals surface area contributed by atoms with Crippen LogP contribution in [0.5, 0.6) is 0 Å². The molecule has 128 valence electrons. The van der Waals surface area contributed by atoms with E-state index in [4.69, 9.17) is 4.74 Å². The minimum absolute atomic E-state index is 0.112. The van der Waals surface area contributed by atoms with Gasteiger partial charge in [-0.3, -0.25) is 4.79 Å². The summed E-state index contributed by atoms with van der Waals surface area (Å²) in [5, 5.41) is 6.42. The first-order valence-corrected chi connectivity index (χ1v) is 9.99. The monoisotopic (exact) mass is 364 g/mol. The van der Waals surface area contributed by atoms with Crippen molar-refractivity contribution in [1.82, 2.24) is 9.88 Å². The molecule has 0 N–H and O–H groups in total. The van der Waals surface area contributed by atoms with Crippen molar-refractivity contribution >= 4 is 34.6 Å².